The molecule has 2 aliphatic rings. The summed E-state index contributed by atoms with van der Waals surface area (Å²) in [5, 5.41) is 19.3. The number of nitro groups is 1. The van der Waals surface area contributed by atoms with Crippen molar-refractivity contribution in [3.05, 3.63) is 28.3 Å². The van der Waals surface area contributed by atoms with Crippen molar-refractivity contribution in [3.8, 4) is 0 Å². The number of nitrogens with one attached hydrogen (secondary N) is 1. The normalized spacial score (nSPS) is 25.1. The molecule has 3 rings (SSSR count). The van der Waals surface area contributed by atoms with Crippen LogP contribution in [0.2, 0.25) is 0 Å². The van der Waals surface area contributed by atoms with Gasteiger partial charge in [-0.05, 0) is 37.7 Å². The molecule has 2 unspecified atom stereocenters. The van der Waals surface area contributed by atoms with Crippen LogP contribution in [0.1, 0.15) is 25.7 Å². The highest BCUT2D eigenvalue weighted by Gasteiger charge is 2.36. The molecule has 0 aromatic heterocycles. The minimum absolute atomic E-state index is 0.0110. The molecule has 2 atom stereocenters. The number of rotatable bonds is 5. The highest BCUT2D eigenvalue weighted by molar-refractivity contribution is 7.89. The topological polar surface area (TPSA) is 125 Å². The Morgan fingerprint density at radius 2 is 2.04 bits per heavy atom. The van der Waals surface area contributed by atoms with Gasteiger partial charge in [0.2, 0.25) is 10.0 Å². The van der Waals surface area contributed by atoms with E-state index in [-0.39, 0.29) is 28.4 Å². The molecule has 2 fully saturated rings. The first-order valence-corrected chi connectivity index (χ1v) is 9.08. The fourth-order valence-electron chi connectivity index (χ4n) is 2.97. The van der Waals surface area contributed by atoms with Crippen molar-refractivity contribution in [3.63, 3.8) is 0 Å². The molecule has 1 aromatic rings. The molecule has 1 aromatic carbocycles. The average Bonchev–Trinajstić information content (AvgIpc) is 3.31. The molecule has 1 aliphatic carbocycles. The summed E-state index contributed by atoms with van der Waals surface area (Å²) in [4.78, 5) is 10.2. The number of anilines is 1. The summed E-state index contributed by atoms with van der Waals surface area (Å²) in [7, 11) is -3.96. The van der Waals surface area contributed by atoms with Gasteiger partial charge in [-0.1, -0.05) is 0 Å². The van der Waals surface area contributed by atoms with Gasteiger partial charge in [0.1, 0.15) is 4.90 Å². The standard InChI is InChI=1S/C14H19N3O5S/c15-23(20,21)14-4-3-11(17(18)19)8-12(14)16-10-5-6-22-13(7-10)9-1-2-9/h3-4,8-10,13,16H,1-2,5-7H2,(H2,15,20,21). The minimum Gasteiger partial charge on any atom is -0.381 e. The van der Waals surface area contributed by atoms with Crippen LogP contribution in [0.3, 0.4) is 0 Å². The molecule has 23 heavy (non-hydrogen) atoms. The van der Waals surface area contributed by atoms with Crippen LogP contribution >= 0.6 is 0 Å². The molecule has 1 aliphatic heterocycles. The third kappa shape index (κ3) is 3.80. The minimum atomic E-state index is -3.96. The van der Waals surface area contributed by atoms with E-state index in [1.165, 1.54) is 12.1 Å². The van der Waals surface area contributed by atoms with E-state index in [0.717, 1.165) is 31.7 Å². The molecule has 0 amide bonds. The van der Waals surface area contributed by atoms with E-state index in [9.17, 15) is 18.5 Å². The predicted molar refractivity (Wildman–Crippen MR) is 83.6 cm³/mol. The Morgan fingerprint density at radius 3 is 2.65 bits per heavy atom. The number of sulfonamides is 1. The van der Waals surface area contributed by atoms with Gasteiger partial charge in [0, 0.05) is 24.8 Å². The van der Waals surface area contributed by atoms with E-state index < -0.39 is 14.9 Å². The van der Waals surface area contributed by atoms with Crippen molar-refractivity contribution in [1.82, 2.24) is 0 Å². The first-order chi connectivity index (χ1) is 10.8. The van der Waals surface area contributed by atoms with Gasteiger partial charge in [0.05, 0.1) is 16.7 Å². The lowest BCUT2D eigenvalue weighted by molar-refractivity contribution is -0.384. The Balaban J connectivity index is 1.84. The van der Waals surface area contributed by atoms with Crippen molar-refractivity contribution in [1.29, 1.82) is 0 Å². The second-order valence-electron chi connectivity index (χ2n) is 6.09. The van der Waals surface area contributed by atoms with Crippen molar-refractivity contribution in [2.24, 2.45) is 11.1 Å². The molecule has 9 heteroatoms. The van der Waals surface area contributed by atoms with Crippen LogP contribution in [-0.4, -0.2) is 32.1 Å². The van der Waals surface area contributed by atoms with Crippen molar-refractivity contribution < 1.29 is 18.1 Å². The third-order valence-electron chi connectivity index (χ3n) is 4.30. The Hall–Kier alpha value is -1.71. The second kappa shape index (κ2) is 6.06. The lowest BCUT2D eigenvalue weighted by Crippen LogP contribution is -2.35. The zero-order chi connectivity index (χ0) is 16.6. The number of nitro benzene ring substituents is 1. The SMILES string of the molecule is NS(=O)(=O)c1ccc([N+](=O)[O-])cc1NC1CCOC(C2CC2)C1. The highest BCUT2D eigenvalue weighted by atomic mass is 32.2. The summed E-state index contributed by atoms with van der Waals surface area (Å²) in [6.45, 7) is 0.596. The van der Waals surface area contributed by atoms with Gasteiger partial charge >= 0.3 is 0 Å². The maximum absolute atomic E-state index is 11.7. The molecular formula is C14H19N3O5S. The summed E-state index contributed by atoms with van der Waals surface area (Å²) in [6.07, 6.45) is 3.98. The van der Waals surface area contributed by atoms with Gasteiger partial charge in [0.25, 0.3) is 5.69 Å². The summed E-state index contributed by atoms with van der Waals surface area (Å²) >= 11 is 0. The number of hydrogen-bond donors (Lipinski definition) is 2. The number of primary sulfonamides is 1. The lowest BCUT2D eigenvalue weighted by atomic mass is 10.00. The van der Waals surface area contributed by atoms with Crippen molar-refractivity contribution in [2.75, 3.05) is 11.9 Å². The Morgan fingerprint density at radius 1 is 1.30 bits per heavy atom. The first kappa shape index (κ1) is 16.2. The van der Waals surface area contributed by atoms with E-state index in [1.54, 1.807) is 0 Å². The third-order valence-corrected chi connectivity index (χ3v) is 5.27. The van der Waals surface area contributed by atoms with E-state index in [0.29, 0.717) is 12.5 Å². The maximum Gasteiger partial charge on any atom is 0.271 e. The molecular weight excluding hydrogens is 322 g/mol. The Bertz CT molecular complexity index is 717. The largest absolute Gasteiger partial charge is 0.381 e. The summed E-state index contributed by atoms with van der Waals surface area (Å²) < 4.78 is 29.1. The monoisotopic (exact) mass is 341 g/mol. The van der Waals surface area contributed by atoms with Crippen molar-refractivity contribution in [2.45, 2.75) is 42.7 Å². The summed E-state index contributed by atoms with van der Waals surface area (Å²) in [5.74, 6) is 0.586. The van der Waals surface area contributed by atoms with Gasteiger partial charge in [-0.15, -0.1) is 0 Å². The molecule has 0 radical (unpaired) electrons. The quantitative estimate of drug-likeness (QED) is 0.619. The van der Waals surface area contributed by atoms with E-state index >= 15 is 0 Å². The lowest BCUT2D eigenvalue weighted by Gasteiger charge is -2.31. The molecule has 126 valence electrons. The van der Waals surface area contributed by atoms with Gasteiger partial charge in [-0.3, -0.25) is 10.1 Å². The van der Waals surface area contributed by atoms with E-state index in [4.69, 9.17) is 9.88 Å². The number of benzene rings is 1. The zero-order valence-corrected chi connectivity index (χ0v) is 13.3. The van der Waals surface area contributed by atoms with Crippen LogP contribution < -0.4 is 10.5 Å². The number of nitrogens with zero attached hydrogens (tertiary/aromatic N) is 1. The molecule has 8 nitrogen and oxygen atoms in total. The van der Waals surface area contributed by atoms with Crippen LogP contribution in [0.5, 0.6) is 0 Å². The zero-order valence-electron chi connectivity index (χ0n) is 12.5. The van der Waals surface area contributed by atoms with Crippen LogP contribution in [0, 0.1) is 16.0 Å². The predicted octanol–water partition coefficient (Wildman–Crippen LogP) is 1.61. The average molecular weight is 341 g/mol. The number of non-ortho nitro benzene ring substituents is 1. The molecule has 0 bridgehead atoms. The molecule has 1 heterocycles. The van der Waals surface area contributed by atoms with Gasteiger partial charge < -0.3 is 10.1 Å². The van der Waals surface area contributed by atoms with E-state index in [1.807, 2.05) is 0 Å². The second-order valence-corrected chi connectivity index (χ2v) is 7.62. The van der Waals surface area contributed by atoms with Crippen LogP contribution in [0.4, 0.5) is 11.4 Å². The number of nitrogens with two attached hydrogens (primary N) is 1. The van der Waals surface area contributed by atoms with E-state index in [2.05, 4.69) is 5.32 Å². The fraction of sp³-hybridized carbons (Fsp3) is 0.571. The van der Waals surface area contributed by atoms with Gasteiger partial charge in [-0.25, -0.2) is 13.6 Å². The molecule has 0 spiro atoms. The first-order valence-electron chi connectivity index (χ1n) is 7.54. The maximum atomic E-state index is 11.7. The number of ether oxygens (including phenoxy) is 1. The smallest absolute Gasteiger partial charge is 0.271 e. The molecule has 1 saturated carbocycles. The van der Waals surface area contributed by atoms with Gasteiger partial charge in [0.15, 0.2) is 0 Å². The summed E-state index contributed by atoms with van der Waals surface area (Å²) in [5.41, 5.74) is 0.00819. The van der Waals surface area contributed by atoms with Crippen LogP contribution in [0.15, 0.2) is 23.1 Å². The molecule has 1 saturated heterocycles. The Kier molecular flexibility index (Phi) is 4.26. The number of hydrogen-bond acceptors (Lipinski definition) is 6. The molecule has 3 N–H and O–H groups in total. The van der Waals surface area contributed by atoms with Crippen LogP contribution in [0.25, 0.3) is 0 Å². The van der Waals surface area contributed by atoms with Crippen molar-refractivity contribution >= 4 is 21.4 Å². The van der Waals surface area contributed by atoms with Crippen LogP contribution in [-0.2, 0) is 14.8 Å². The Labute approximate surface area is 134 Å². The fourth-order valence-corrected chi connectivity index (χ4v) is 3.65. The summed E-state index contributed by atoms with van der Waals surface area (Å²) in [6, 6.07) is 3.55. The highest BCUT2D eigenvalue weighted by Crippen LogP contribution is 2.39. The van der Waals surface area contributed by atoms with Gasteiger partial charge in [-0.2, -0.15) is 0 Å².